The van der Waals surface area contributed by atoms with E-state index in [0.717, 1.165) is 6.29 Å². The normalized spacial score (nSPS) is 12.5. The number of ether oxygens (including phenoxy) is 1. The fourth-order valence-corrected chi connectivity index (χ4v) is 2.46. The number of thioether (sulfide) groups is 1. The van der Waals surface area contributed by atoms with Gasteiger partial charge in [0, 0.05) is 36.0 Å². The summed E-state index contributed by atoms with van der Waals surface area (Å²) < 4.78 is 4.95. The highest BCUT2D eigenvalue weighted by Gasteiger charge is 2.13. The molecular weight excluding hydrogens is 292 g/mol. The van der Waals surface area contributed by atoms with E-state index in [1.807, 2.05) is 6.92 Å². The highest BCUT2D eigenvalue weighted by Crippen LogP contribution is 2.12. The van der Waals surface area contributed by atoms with E-state index in [4.69, 9.17) is 4.74 Å². The number of rotatable bonds is 10. The largest absolute Gasteiger partial charge is 0.461 e. The van der Waals surface area contributed by atoms with Gasteiger partial charge in [0.2, 0.25) is 5.91 Å². The number of hydrogen-bond acceptors (Lipinski definition) is 6. The number of carbonyl (C=O) groups is 3. The summed E-state index contributed by atoms with van der Waals surface area (Å²) in [5, 5.41) is 2.75. The second-order valence-corrected chi connectivity index (χ2v) is 5.87. The van der Waals surface area contributed by atoms with Crippen molar-refractivity contribution in [3.05, 3.63) is 12.2 Å². The van der Waals surface area contributed by atoms with Gasteiger partial charge in [0.25, 0.3) is 0 Å². The molecule has 0 saturated carbocycles. The van der Waals surface area contributed by atoms with E-state index in [9.17, 15) is 14.4 Å². The molecule has 0 saturated heterocycles. The summed E-state index contributed by atoms with van der Waals surface area (Å²) in [5.74, 6) is 0.688. The van der Waals surface area contributed by atoms with Crippen LogP contribution in [0.15, 0.2) is 12.2 Å². The van der Waals surface area contributed by atoms with Crippen LogP contribution in [-0.4, -0.2) is 42.3 Å². The van der Waals surface area contributed by atoms with Gasteiger partial charge in [0.05, 0.1) is 0 Å². The summed E-state index contributed by atoms with van der Waals surface area (Å²) in [6.45, 7) is 8.72. The zero-order chi connectivity index (χ0) is 15.5. The van der Waals surface area contributed by atoms with Crippen molar-refractivity contribution in [2.45, 2.75) is 33.2 Å². The lowest BCUT2D eigenvalue weighted by Crippen LogP contribution is -2.32. The van der Waals surface area contributed by atoms with Gasteiger partial charge in [0.1, 0.15) is 12.9 Å². The van der Waals surface area contributed by atoms with E-state index in [2.05, 4.69) is 11.9 Å². The van der Waals surface area contributed by atoms with Crippen LogP contribution in [0.5, 0.6) is 0 Å². The predicted molar refractivity (Wildman–Crippen MR) is 85.6 cm³/mol. The van der Waals surface area contributed by atoms with Crippen LogP contribution in [0.1, 0.15) is 27.2 Å². The molecule has 6 nitrogen and oxygen atoms in total. The minimum Gasteiger partial charge on any atom is -0.461 e. The van der Waals surface area contributed by atoms with Crippen LogP contribution in [0.2, 0.25) is 0 Å². The average molecular weight is 318 g/mol. The molecule has 0 fully saturated rings. The van der Waals surface area contributed by atoms with Crippen LogP contribution < -0.4 is 11.5 Å². The smallest absolute Gasteiger partial charge is 0.333 e. The van der Waals surface area contributed by atoms with Crippen LogP contribution in [0.4, 0.5) is 0 Å². The van der Waals surface area contributed by atoms with Crippen molar-refractivity contribution in [2.75, 3.05) is 18.1 Å². The topological polar surface area (TPSA) is 107 Å². The van der Waals surface area contributed by atoms with Gasteiger partial charge in [-0.3, -0.25) is 4.79 Å². The third-order valence-corrected chi connectivity index (χ3v) is 3.56. The Hall–Kier alpha value is -1.34. The predicted octanol–water partition coefficient (Wildman–Crippen LogP) is 1.73. The highest BCUT2D eigenvalue weighted by atomic mass is 32.2. The van der Waals surface area contributed by atoms with Crippen LogP contribution >= 0.6 is 11.8 Å². The first-order chi connectivity index (χ1) is 9.36. The lowest BCUT2D eigenvalue weighted by Gasteiger charge is -2.16. The molecule has 0 aliphatic carbocycles. The van der Waals surface area contributed by atoms with Gasteiger partial charge in [-0.05, 0) is 20.3 Å². The fourth-order valence-electron chi connectivity index (χ4n) is 1.57. The summed E-state index contributed by atoms with van der Waals surface area (Å²) in [7, 11) is 0. The Morgan fingerprint density at radius 1 is 1.38 bits per heavy atom. The first-order valence-electron chi connectivity index (χ1n) is 6.49. The Labute approximate surface area is 130 Å². The van der Waals surface area contributed by atoms with Gasteiger partial charge in [-0.25, -0.2) is 4.79 Å². The van der Waals surface area contributed by atoms with Gasteiger partial charge in [-0.15, -0.1) is 0 Å². The van der Waals surface area contributed by atoms with E-state index in [0.29, 0.717) is 30.1 Å². The zero-order valence-corrected chi connectivity index (χ0v) is 13.8. The molecule has 1 amide bonds. The van der Waals surface area contributed by atoms with Crippen molar-refractivity contribution in [2.24, 2.45) is 5.92 Å². The monoisotopic (exact) mass is 318 g/mol. The number of hydrogen-bond donors (Lipinski definition) is 2. The van der Waals surface area contributed by atoms with Crippen LogP contribution in [-0.2, 0) is 19.1 Å². The molecule has 0 aliphatic heterocycles. The molecule has 21 heavy (non-hydrogen) atoms. The standard InChI is InChI=1S/C14H23NO4S.H3N/c1-10(2)14(18)19-5-6-20-9-13(8-16)7-11(3)15-12(4)17;/h8,11,13H,1,5-7,9H2,2-4H3,(H,15,17);1H3. The molecule has 0 rings (SSSR count). The van der Waals surface area contributed by atoms with Crippen molar-refractivity contribution in [1.82, 2.24) is 11.5 Å². The lowest BCUT2D eigenvalue weighted by molar-refractivity contribution is -0.138. The van der Waals surface area contributed by atoms with Gasteiger partial charge in [0.15, 0.2) is 0 Å². The molecule has 122 valence electrons. The molecule has 0 aliphatic rings. The zero-order valence-electron chi connectivity index (χ0n) is 13.0. The van der Waals surface area contributed by atoms with Crippen LogP contribution in [0, 0.1) is 5.92 Å². The molecule has 0 spiro atoms. The molecular formula is C14H26N2O4S. The van der Waals surface area contributed by atoms with Crippen molar-refractivity contribution in [3.8, 4) is 0 Å². The van der Waals surface area contributed by atoms with Gasteiger partial charge in [-0.1, -0.05) is 6.58 Å². The Morgan fingerprint density at radius 3 is 2.48 bits per heavy atom. The number of nitrogens with one attached hydrogen (secondary N) is 1. The summed E-state index contributed by atoms with van der Waals surface area (Å²) in [6, 6.07) is -0.0236. The fraction of sp³-hybridized carbons (Fsp3) is 0.643. The van der Waals surface area contributed by atoms with E-state index >= 15 is 0 Å². The SMILES string of the molecule is C=C(C)C(=O)OCCSCC(C=O)CC(C)NC(C)=O.N. The first kappa shape index (κ1) is 21.9. The Balaban J connectivity index is 0. The number of carbonyl (C=O) groups excluding carboxylic acids is 3. The third kappa shape index (κ3) is 12.1. The molecule has 2 unspecified atom stereocenters. The average Bonchev–Trinajstić information content (AvgIpc) is 2.35. The number of aldehydes is 1. The molecule has 0 aromatic rings. The van der Waals surface area contributed by atoms with E-state index in [1.54, 1.807) is 18.7 Å². The third-order valence-electron chi connectivity index (χ3n) is 2.44. The molecule has 0 aromatic carbocycles. The second-order valence-electron chi connectivity index (χ2n) is 4.72. The van der Waals surface area contributed by atoms with Crippen molar-refractivity contribution in [3.63, 3.8) is 0 Å². The maximum atomic E-state index is 11.1. The van der Waals surface area contributed by atoms with Crippen molar-refractivity contribution in [1.29, 1.82) is 0 Å². The van der Waals surface area contributed by atoms with E-state index in [-0.39, 0.29) is 24.0 Å². The second kappa shape index (κ2) is 12.4. The maximum absolute atomic E-state index is 11.1. The Morgan fingerprint density at radius 2 is 2.00 bits per heavy atom. The maximum Gasteiger partial charge on any atom is 0.333 e. The first-order valence-corrected chi connectivity index (χ1v) is 7.65. The summed E-state index contributed by atoms with van der Waals surface area (Å²) in [4.78, 5) is 33.0. The summed E-state index contributed by atoms with van der Waals surface area (Å²) in [6.07, 6.45) is 1.52. The van der Waals surface area contributed by atoms with Crippen LogP contribution in [0.25, 0.3) is 0 Å². The quantitative estimate of drug-likeness (QED) is 0.275. The van der Waals surface area contributed by atoms with Gasteiger partial charge in [-0.2, -0.15) is 11.8 Å². The summed E-state index contributed by atoms with van der Waals surface area (Å²) >= 11 is 1.55. The Bertz CT molecular complexity index is 361. The molecule has 0 radical (unpaired) electrons. The molecule has 4 N–H and O–H groups in total. The molecule has 7 heteroatoms. The Kier molecular flexibility index (Phi) is 13.0. The van der Waals surface area contributed by atoms with Crippen molar-refractivity contribution < 1.29 is 19.1 Å². The highest BCUT2D eigenvalue weighted by molar-refractivity contribution is 7.99. The van der Waals surface area contributed by atoms with Gasteiger partial charge >= 0.3 is 5.97 Å². The number of amides is 1. The van der Waals surface area contributed by atoms with Gasteiger partial charge < -0.3 is 21.0 Å². The molecule has 0 aromatic heterocycles. The van der Waals surface area contributed by atoms with Crippen molar-refractivity contribution >= 4 is 29.9 Å². The van der Waals surface area contributed by atoms with E-state index < -0.39 is 5.97 Å². The molecule has 0 heterocycles. The number of esters is 1. The lowest BCUT2D eigenvalue weighted by atomic mass is 10.0. The van der Waals surface area contributed by atoms with Crippen LogP contribution in [0.3, 0.4) is 0 Å². The minimum absolute atomic E-state index is 0. The molecule has 0 bridgehead atoms. The minimum atomic E-state index is -0.392. The van der Waals surface area contributed by atoms with E-state index in [1.165, 1.54) is 6.92 Å². The summed E-state index contributed by atoms with van der Waals surface area (Å²) in [5.41, 5.74) is 0.380. The molecule has 2 atom stereocenters.